The fourth-order valence-electron chi connectivity index (χ4n) is 4.51. The Bertz CT molecular complexity index is 1750. The molecule has 0 amide bonds. The van der Waals surface area contributed by atoms with Gasteiger partial charge in [0.05, 0.1) is 21.8 Å². The SMILES string of the molecule is CCCCCC/C(=N\OC(C)=O)c1cn(-c2ccc(/C(=N/OC(C)=O)c3cccs3)cc2S(=O)(=O)O)c2ccccc12. The van der Waals surface area contributed by atoms with Gasteiger partial charge in [0.25, 0.3) is 10.1 Å². The van der Waals surface area contributed by atoms with Gasteiger partial charge in [-0.1, -0.05) is 66.8 Å². The molecule has 42 heavy (non-hydrogen) atoms. The van der Waals surface area contributed by atoms with E-state index in [4.69, 9.17) is 9.68 Å². The number of aromatic nitrogens is 1. The average Bonchev–Trinajstić information content (AvgIpc) is 3.61. The van der Waals surface area contributed by atoms with Gasteiger partial charge in [0, 0.05) is 36.6 Å². The zero-order valence-electron chi connectivity index (χ0n) is 23.4. The molecular weight excluding hydrogens is 578 g/mol. The van der Waals surface area contributed by atoms with Gasteiger partial charge in [-0.2, -0.15) is 8.42 Å². The lowest BCUT2D eigenvalue weighted by molar-refractivity contribution is -0.141. The van der Waals surface area contributed by atoms with E-state index in [0.717, 1.165) is 31.1 Å². The van der Waals surface area contributed by atoms with Crippen LogP contribution in [0.5, 0.6) is 0 Å². The van der Waals surface area contributed by atoms with E-state index >= 15 is 0 Å². The minimum absolute atomic E-state index is 0.180. The number of carbonyl (C=O) groups excluding carboxylic acids is 2. The molecule has 10 nitrogen and oxygen atoms in total. The molecule has 220 valence electrons. The smallest absolute Gasteiger partial charge is 0.318 e. The number of unbranched alkanes of at least 4 members (excludes halogenated alkanes) is 3. The van der Waals surface area contributed by atoms with Gasteiger partial charge < -0.3 is 14.2 Å². The molecule has 12 heteroatoms. The van der Waals surface area contributed by atoms with E-state index in [1.165, 1.54) is 31.3 Å². The summed E-state index contributed by atoms with van der Waals surface area (Å²) < 4.78 is 37.5. The Kier molecular flexibility index (Phi) is 10.0. The number of fused-ring (bicyclic) bond motifs is 1. The first kappa shape index (κ1) is 30.8. The third kappa shape index (κ3) is 7.38. The number of hydrogen-bond donors (Lipinski definition) is 1. The molecule has 0 radical (unpaired) electrons. The van der Waals surface area contributed by atoms with Gasteiger partial charge in [-0.25, -0.2) is 9.59 Å². The van der Waals surface area contributed by atoms with Crippen molar-refractivity contribution < 1.29 is 32.2 Å². The molecule has 1 N–H and O–H groups in total. The molecule has 2 aromatic heterocycles. The largest absolute Gasteiger partial charge is 0.332 e. The normalized spacial score (nSPS) is 12.5. The van der Waals surface area contributed by atoms with E-state index in [1.54, 1.807) is 40.4 Å². The minimum atomic E-state index is -4.74. The van der Waals surface area contributed by atoms with Gasteiger partial charge in [0.1, 0.15) is 10.6 Å². The first-order chi connectivity index (χ1) is 20.1. The number of carbonyl (C=O) groups is 2. The first-order valence-corrected chi connectivity index (χ1v) is 15.7. The number of rotatable bonds is 12. The predicted molar refractivity (Wildman–Crippen MR) is 162 cm³/mol. The number of hydrogen-bond acceptors (Lipinski definition) is 9. The molecule has 0 saturated heterocycles. The van der Waals surface area contributed by atoms with Crippen molar-refractivity contribution in [3.63, 3.8) is 0 Å². The molecule has 0 aliphatic rings. The summed E-state index contributed by atoms with van der Waals surface area (Å²) >= 11 is 1.33. The maximum Gasteiger partial charge on any atom is 0.332 e. The van der Waals surface area contributed by atoms with Crippen LogP contribution in [0.4, 0.5) is 0 Å². The quantitative estimate of drug-likeness (QED) is 0.0637. The summed E-state index contributed by atoms with van der Waals surface area (Å²) in [6.45, 7) is 4.60. The monoisotopic (exact) mass is 609 g/mol. The van der Waals surface area contributed by atoms with E-state index in [-0.39, 0.29) is 16.3 Å². The molecule has 4 aromatic rings. The van der Waals surface area contributed by atoms with E-state index in [0.29, 0.717) is 33.7 Å². The number of nitrogens with zero attached hydrogens (tertiary/aromatic N) is 3. The van der Waals surface area contributed by atoms with Crippen LogP contribution in [-0.4, -0.2) is 40.9 Å². The summed E-state index contributed by atoms with van der Waals surface area (Å²) in [6.07, 6.45) is 6.19. The Morgan fingerprint density at radius 2 is 1.69 bits per heavy atom. The minimum Gasteiger partial charge on any atom is -0.318 e. The van der Waals surface area contributed by atoms with Crippen LogP contribution in [0.15, 0.2) is 81.4 Å². The lowest BCUT2D eigenvalue weighted by Gasteiger charge is -2.13. The highest BCUT2D eigenvalue weighted by Crippen LogP contribution is 2.31. The highest BCUT2D eigenvalue weighted by Gasteiger charge is 2.23. The molecule has 4 rings (SSSR count). The Balaban J connectivity index is 1.89. The van der Waals surface area contributed by atoms with Gasteiger partial charge in [-0.05, 0) is 42.5 Å². The van der Waals surface area contributed by atoms with Crippen LogP contribution in [0.1, 0.15) is 68.9 Å². The maximum atomic E-state index is 12.7. The van der Waals surface area contributed by atoms with Crippen molar-refractivity contribution in [1.82, 2.24) is 4.57 Å². The Labute approximate surface area is 248 Å². The van der Waals surface area contributed by atoms with E-state index in [1.807, 2.05) is 24.3 Å². The Morgan fingerprint density at radius 3 is 2.36 bits per heavy atom. The van der Waals surface area contributed by atoms with Crippen LogP contribution in [0.25, 0.3) is 16.6 Å². The van der Waals surface area contributed by atoms with Crippen molar-refractivity contribution in [3.05, 3.63) is 82.2 Å². The Hall–Kier alpha value is -4.13. The molecule has 2 heterocycles. The predicted octanol–water partition coefficient (Wildman–Crippen LogP) is 6.49. The zero-order valence-corrected chi connectivity index (χ0v) is 25.1. The average molecular weight is 610 g/mol. The van der Waals surface area contributed by atoms with Crippen molar-refractivity contribution in [3.8, 4) is 5.69 Å². The molecule has 0 unspecified atom stereocenters. The maximum absolute atomic E-state index is 12.7. The van der Waals surface area contributed by atoms with Crippen LogP contribution >= 0.6 is 11.3 Å². The van der Waals surface area contributed by atoms with Crippen molar-refractivity contribution in [2.75, 3.05) is 0 Å². The number of thiophene rings is 1. The molecule has 0 bridgehead atoms. The topological polar surface area (TPSA) is 137 Å². The summed E-state index contributed by atoms with van der Waals surface area (Å²) in [4.78, 5) is 33.2. The fourth-order valence-corrected chi connectivity index (χ4v) is 5.94. The van der Waals surface area contributed by atoms with Gasteiger partial charge in [0.15, 0.2) is 0 Å². The second-order valence-electron chi connectivity index (χ2n) is 9.52. The molecule has 0 atom stereocenters. The Morgan fingerprint density at radius 1 is 0.952 bits per heavy atom. The molecule has 0 aliphatic carbocycles. The van der Waals surface area contributed by atoms with Crippen molar-refractivity contribution >= 4 is 55.7 Å². The summed E-state index contributed by atoms with van der Waals surface area (Å²) in [6, 6.07) is 15.4. The highest BCUT2D eigenvalue weighted by molar-refractivity contribution is 7.86. The summed E-state index contributed by atoms with van der Waals surface area (Å²) in [5, 5.41) is 10.7. The fraction of sp³-hybridized carbons (Fsp3) is 0.267. The van der Waals surface area contributed by atoms with Crippen molar-refractivity contribution in [2.24, 2.45) is 10.3 Å². The summed E-state index contributed by atoms with van der Waals surface area (Å²) in [5.74, 6) is -1.19. The van der Waals surface area contributed by atoms with E-state index in [9.17, 15) is 22.6 Å². The van der Waals surface area contributed by atoms with E-state index in [2.05, 4.69) is 17.2 Å². The molecule has 0 fully saturated rings. The molecule has 2 aromatic carbocycles. The second kappa shape index (κ2) is 13.7. The van der Waals surface area contributed by atoms with Crippen LogP contribution in [-0.2, 0) is 29.4 Å². The highest BCUT2D eigenvalue weighted by atomic mass is 32.2. The lowest BCUT2D eigenvalue weighted by atomic mass is 10.0. The van der Waals surface area contributed by atoms with Crippen LogP contribution in [0.2, 0.25) is 0 Å². The van der Waals surface area contributed by atoms with Gasteiger partial charge in [-0.15, -0.1) is 11.3 Å². The van der Waals surface area contributed by atoms with Crippen LogP contribution in [0.3, 0.4) is 0 Å². The van der Waals surface area contributed by atoms with Crippen LogP contribution in [0, 0.1) is 0 Å². The standard InChI is InChI=1S/C30H31N3O7S2/c1-4-5-6-7-12-25(31-39-20(2)34)24-19-33(26-13-9-8-11-23(24)26)27-16-15-22(18-29(27)42(36,37)38)30(32-40-21(3)35)28-14-10-17-41-28/h8-11,13-19H,4-7,12H2,1-3H3,(H,36,37,38)/b31-25+,32-30-. The van der Waals surface area contributed by atoms with E-state index < -0.39 is 22.1 Å². The third-order valence-electron chi connectivity index (χ3n) is 6.37. The second-order valence-corrected chi connectivity index (χ2v) is 11.9. The number of para-hydroxylation sites is 1. The molecule has 0 aliphatic heterocycles. The summed E-state index contributed by atoms with van der Waals surface area (Å²) in [5.41, 5.74) is 2.61. The molecular formula is C30H31N3O7S2. The third-order valence-corrected chi connectivity index (χ3v) is 8.12. The summed E-state index contributed by atoms with van der Waals surface area (Å²) in [7, 11) is -4.74. The number of benzene rings is 2. The van der Waals surface area contributed by atoms with Crippen LogP contribution < -0.4 is 0 Å². The molecule has 0 spiro atoms. The van der Waals surface area contributed by atoms with Gasteiger partial charge in [0.2, 0.25) is 0 Å². The van der Waals surface area contributed by atoms with Crippen molar-refractivity contribution in [1.29, 1.82) is 0 Å². The van der Waals surface area contributed by atoms with Gasteiger partial charge in [-0.3, -0.25) is 4.55 Å². The van der Waals surface area contributed by atoms with Gasteiger partial charge >= 0.3 is 11.9 Å². The zero-order chi connectivity index (χ0) is 30.3. The first-order valence-electron chi connectivity index (χ1n) is 13.4. The van der Waals surface area contributed by atoms with Crippen molar-refractivity contribution in [2.45, 2.75) is 57.8 Å². The lowest BCUT2D eigenvalue weighted by Crippen LogP contribution is -2.10. The number of oxime groups is 2. The molecule has 0 saturated carbocycles.